The number of anilines is 1. The van der Waals surface area contributed by atoms with Gasteiger partial charge in [-0.3, -0.25) is 14.2 Å². The Labute approximate surface area is 128 Å². The number of aromatic nitrogens is 2. The molecule has 2 N–H and O–H groups in total. The predicted molar refractivity (Wildman–Crippen MR) is 80.8 cm³/mol. The van der Waals surface area contributed by atoms with Gasteiger partial charge in [0.05, 0.1) is 22.8 Å². The molecule has 0 spiro atoms. The third-order valence-electron chi connectivity index (χ3n) is 3.52. The summed E-state index contributed by atoms with van der Waals surface area (Å²) < 4.78 is 28.6. The summed E-state index contributed by atoms with van der Waals surface area (Å²) in [5, 5.41) is 6.96. The van der Waals surface area contributed by atoms with Crippen LogP contribution in [0.25, 0.3) is 0 Å². The fraction of sp³-hybridized carbons (Fsp3) is 0.286. The summed E-state index contributed by atoms with van der Waals surface area (Å²) in [6.45, 7) is 0.505. The Hall–Kier alpha value is -2.35. The van der Waals surface area contributed by atoms with Gasteiger partial charge in [0.2, 0.25) is 5.91 Å². The van der Waals surface area contributed by atoms with Gasteiger partial charge < -0.3 is 5.32 Å². The van der Waals surface area contributed by atoms with E-state index in [4.69, 9.17) is 0 Å². The van der Waals surface area contributed by atoms with Gasteiger partial charge in [0.15, 0.2) is 0 Å². The number of hydrogen-bond donors (Lipinski definition) is 2. The summed E-state index contributed by atoms with van der Waals surface area (Å²) >= 11 is 0. The largest absolute Gasteiger partial charge is 0.354 e. The molecule has 3 rings (SSSR count). The van der Waals surface area contributed by atoms with Crippen molar-refractivity contribution in [2.24, 2.45) is 0 Å². The number of nitrogens with zero attached hydrogens (tertiary/aromatic N) is 2. The Kier molecular flexibility index (Phi) is 3.84. The van der Waals surface area contributed by atoms with E-state index >= 15 is 0 Å². The molecule has 8 heteroatoms. The number of amides is 1. The molecule has 7 nitrogen and oxygen atoms in total. The molecule has 2 heterocycles. The zero-order valence-electron chi connectivity index (χ0n) is 11.8. The monoisotopic (exact) mass is 320 g/mol. The standard InChI is InChI=1S/C14H16N4O3S/c19-14-7-6-12(9-15-14)18-10-11(8-16-18)17-22(20,21)13-4-2-1-3-5-13/h1-5,8,10,12,17H,6-7,9H2,(H,15,19). The minimum Gasteiger partial charge on any atom is -0.354 e. The van der Waals surface area contributed by atoms with Crippen LogP contribution in [0.5, 0.6) is 0 Å². The van der Waals surface area contributed by atoms with Crippen molar-refractivity contribution in [3.05, 3.63) is 42.7 Å². The van der Waals surface area contributed by atoms with E-state index in [2.05, 4.69) is 15.1 Å². The van der Waals surface area contributed by atoms with Crippen molar-refractivity contribution in [2.75, 3.05) is 11.3 Å². The second kappa shape index (κ2) is 5.80. The minimum atomic E-state index is -3.61. The van der Waals surface area contributed by atoms with Crippen LogP contribution in [0.15, 0.2) is 47.6 Å². The number of carbonyl (C=O) groups excluding carboxylic acids is 1. The number of sulfonamides is 1. The predicted octanol–water partition coefficient (Wildman–Crippen LogP) is 1.13. The van der Waals surface area contributed by atoms with Gasteiger partial charge in [-0.25, -0.2) is 8.42 Å². The van der Waals surface area contributed by atoms with E-state index in [1.807, 2.05) is 0 Å². The second-order valence-corrected chi connectivity index (χ2v) is 6.81. The van der Waals surface area contributed by atoms with Gasteiger partial charge in [0, 0.05) is 19.2 Å². The Morgan fingerprint density at radius 2 is 2.05 bits per heavy atom. The van der Waals surface area contributed by atoms with Gasteiger partial charge in [0.1, 0.15) is 0 Å². The molecule has 116 valence electrons. The van der Waals surface area contributed by atoms with E-state index in [0.29, 0.717) is 25.1 Å². The Balaban J connectivity index is 1.73. The van der Waals surface area contributed by atoms with Crippen molar-refractivity contribution in [3.8, 4) is 0 Å². The zero-order valence-corrected chi connectivity index (χ0v) is 12.6. The summed E-state index contributed by atoms with van der Waals surface area (Å²) in [5.41, 5.74) is 0.403. The zero-order chi connectivity index (χ0) is 15.6. The van der Waals surface area contributed by atoms with Gasteiger partial charge in [0.25, 0.3) is 10.0 Å². The van der Waals surface area contributed by atoms with Crippen LogP contribution in [0.3, 0.4) is 0 Å². The van der Waals surface area contributed by atoms with Crippen LogP contribution in [-0.4, -0.2) is 30.7 Å². The molecule has 0 radical (unpaired) electrons. The maximum Gasteiger partial charge on any atom is 0.261 e. The summed E-state index contributed by atoms with van der Waals surface area (Å²) in [4.78, 5) is 11.4. The molecular formula is C14H16N4O3S. The van der Waals surface area contributed by atoms with Crippen molar-refractivity contribution in [1.82, 2.24) is 15.1 Å². The highest BCUT2D eigenvalue weighted by molar-refractivity contribution is 7.92. The number of carbonyl (C=O) groups is 1. The molecule has 0 saturated carbocycles. The maximum absolute atomic E-state index is 12.2. The summed E-state index contributed by atoms with van der Waals surface area (Å²) in [6.07, 6.45) is 4.26. The number of piperidine rings is 1. The fourth-order valence-corrected chi connectivity index (χ4v) is 3.40. The van der Waals surface area contributed by atoms with Crippen LogP contribution >= 0.6 is 0 Å². The van der Waals surface area contributed by atoms with Crippen LogP contribution in [-0.2, 0) is 14.8 Å². The first kappa shape index (κ1) is 14.6. The first-order valence-electron chi connectivity index (χ1n) is 6.93. The van der Waals surface area contributed by atoms with E-state index in [1.165, 1.54) is 18.3 Å². The molecule has 1 aliphatic heterocycles. The highest BCUT2D eigenvalue weighted by Gasteiger charge is 2.21. The van der Waals surface area contributed by atoms with E-state index < -0.39 is 10.0 Å². The average molecular weight is 320 g/mol. The lowest BCUT2D eigenvalue weighted by Crippen LogP contribution is -2.36. The summed E-state index contributed by atoms with van der Waals surface area (Å²) in [7, 11) is -3.61. The molecule has 1 aromatic heterocycles. The lowest BCUT2D eigenvalue weighted by molar-refractivity contribution is -0.122. The molecule has 1 saturated heterocycles. The molecule has 1 amide bonds. The normalized spacial score (nSPS) is 18.7. The highest BCUT2D eigenvalue weighted by atomic mass is 32.2. The molecule has 0 bridgehead atoms. The lowest BCUT2D eigenvalue weighted by Gasteiger charge is -2.22. The molecule has 2 aromatic rings. The van der Waals surface area contributed by atoms with Crippen molar-refractivity contribution < 1.29 is 13.2 Å². The van der Waals surface area contributed by atoms with E-state index in [1.54, 1.807) is 29.1 Å². The van der Waals surface area contributed by atoms with Crippen LogP contribution in [0, 0.1) is 0 Å². The van der Waals surface area contributed by atoms with Crippen molar-refractivity contribution >= 4 is 21.6 Å². The van der Waals surface area contributed by atoms with E-state index in [9.17, 15) is 13.2 Å². The van der Waals surface area contributed by atoms with E-state index in [0.717, 1.165) is 0 Å². The summed E-state index contributed by atoms with van der Waals surface area (Å²) in [6, 6.07) is 8.21. The van der Waals surface area contributed by atoms with Crippen molar-refractivity contribution in [2.45, 2.75) is 23.8 Å². The topological polar surface area (TPSA) is 93.1 Å². The lowest BCUT2D eigenvalue weighted by atomic mass is 10.1. The number of rotatable bonds is 4. The molecule has 22 heavy (non-hydrogen) atoms. The van der Waals surface area contributed by atoms with Gasteiger partial charge in [-0.1, -0.05) is 18.2 Å². The number of nitrogens with one attached hydrogen (secondary N) is 2. The average Bonchev–Trinajstić information content (AvgIpc) is 2.97. The van der Waals surface area contributed by atoms with Crippen LogP contribution in [0.1, 0.15) is 18.9 Å². The van der Waals surface area contributed by atoms with Crippen LogP contribution in [0.2, 0.25) is 0 Å². The first-order chi connectivity index (χ1) is 10.5. The molecule has 0 aliphatic carbocycles. The molecule has 1 fully saturated rings. The highest BCUT2D eigenvalue weighted by Crippen LogP contribution is 2.20. The number of hydrogen-bond acceptors (Lipinski definition) is 4. The molecule has 1 atom stereocenters. The Morgan fingerprint density at radius 3 is 2.73 bits per heavy atom. The molecule has 1 aromatic carbocycles. The minimum absolute atomic E-state index is 0.0356. The Morgan fingerprint density at radius 1 is 1.27 bits per heavy atom. The van der Waals surface area contributed by atoms with Crippen LogP contribution in [0.4, 0.5) is 5.69 Å². The third-order valence-corrected chi connectivity index (χ3v) is 4.92. The molecular weight excluding hydrogens is 304 g/mol. The van der Waals surface area contributed by atoms with Crippen molar-refractivity contribution in [1.29, 1.82) is 0 Å². The quantitative estimate of drug-likeness (QED) is 0.883. The fourth-order valence-electron chi connectivity index (χ4n) is 2.35. The van der Waals surface area contributed by atoms with Crippen molar-refractivity contribution in [3.63, 3.8) is 0 Å². The summed E-state index contributed by atoms with van der Waals surface area (Å²) in [5.74, 6) is 0.0356. The Bertz CT molecular complexity index is 760. The van der Waals surface area contributed by atoms with Gasteiger partial charge in [-0.2, -0.15) is 5.10 Å². The van der Waals surface area contributed by atoms with E-state index in [-0.39, 0.29) is 16.8 Å². The van der Waals surface area contributed by atoms with Crippen LogP contribution < -0.4 is 10.0 Å². The smallest absolute Gasteiger partial charge is 0.261 e. The molecule has 1 unspecified atom stereocenters. The SMILES string of the molecule is O=C1CCC(n2cc(NS(=O)(=O)c3ccccc3)cn2)CN1. The third kappa shape index (κ3) is 3.11. The number of benzene rings is 1. The van der Waals surface area contributed by atoms with Gasteiger partial charge in [-0.05, 0) is 18.6 Å². The van der Waals surface area contributed by atoms with Gasteiger partial charge >= 0.3 is 0 Å². The maximum atomic E-state index is 12.2. The first-order valence-corrected chi connectivity index (χ1v) is 8.42. The van der Waals surface area contributed by atoms with Gasteiger partial charge in [-0.15, -0.1) is 0 Å². The molecule has 1 aliphatic rings. The second-order valence-electron chi connectivity index (χ2n) is 5.12.